The molecule has 7 nitrogen and oxygen atoms in total. The molecule has 2 aromatic heterocycles. The van der Waals surface area contributed by atoms with Crippen molar-refractivity contribution in [1.82, 2.24) is 9.97 Å². The maximum Gasteiger partial charge on any atom is 0.156 e. The van der Waals surface area contributed by atoms with Crippen molar-refractivity contribution >= 4 is 17.1 Å². The Morgan fingerprint density at radius 3 is 1.77 bits per heavy atom. The number of hydrogen-bond acceptors (Lipinski definition) is 7. The van der Waals surface area contributed by atoms with Gasteiger partial charge in [0.1, 0.15) is 5.75 Å². The Balaban J connectivity index is 1.38. The van der Waals surface area contributed by atoms with E-state index in [1.165, 1.54) is 0 Å². The first-order chi connectivity index (χ1) is 21.7. The fourth-order valence-corrected chi connectivity index (χ4v) is 6.95. The first-order valence-corrected chi connectivity index (χ1v) is 14.1. The number of pyridine rings is 2. The second-order valence-electron chi connectivity index (χ2n) is 10.8. The van der Waals surface area contributed by atoms with Gasteiger partial charge in [-0.05, 0) is 59.7 Å². The smallest absolute Gasteiger partial charge is 0.156 e. The van der Waals surface area contributed by atoms with Crippen molar-refractivity contribution < 1.29 is 9.47 Å². The molecule has 2 aliphatic heterocycles. The van der Waals surface area contributed by atoms with E-state index in [1.807, 2.05) is 67.0 Å². The van der Waals surface area contributed by atoms with E-state index in [0.29, 0.717) is 28.4 Å². The standard InChI is InChI=1S/C37H19N5O2/c38-20-22-12-14-28-32(18-22)43-33-19-23(21-39)13-15-29(33)42(28)30-10-3-7-27-36(30)44-31-11-2-1-6-24(31)37(27)25-8-4-16-40-34(25)35-26(37)9-5-17-41-35/h1-19H. The molecule has 0 bridgehead atoms. The molecule has 3 aliphatic rings. The van der Waals surface area contributed by atoms with Gasteiger partial charge in [0, 0.05) is 35.7 Å². The number of rotatable bonds is 1. The summed E-state index contributed by atoms with van der Waals surface area (Å²) in [5.74, 6) is 2.46. The monoisotopic (exact) mass is 565 g/mol. The van der Waals surface area contributed by atoms with Gasteiger partial charge in [-0.3, -0.25) is 14.9 Å². The molecule has 0 fully saturated rings. The molecular weight excluding hydrogens is 546 g/mol. The maximum absolute atomic E-state index is 9.64. The van der Waals surface area contributed by atoms with Gasteiger partial charge in [0.25, 0.3) is 0 Å². The predicted molar refractivity (Wildman–Crippen MR) is 164 cm³/mol. The molecule has 0 unspecified atom stereocenters. The summed E-state index contributed by atoms with van der Waals surface area (Å²) in [5, 5.41) is 19.3. The summed E-state index contributed by atoms with van der Waals surface area (Å²) in [7, 11) is 0. The first kappa shape index (κ1) is 24.2. The largest absolute Gasteiger partial charge is 0.454 e. The third kappa shape index (κ3) is 3.02. The number of fused-ring (bicyclic) bond motifs is 11. The van der Waals surface area contributed by atoms with E-state index in [2.05, 4.69) is 41.3 Å². The van der Waals surface area contributed by atoms with Gasteiger partial charge in [0.05, 0.1) is 57.1 Å². The molecule has 1 aliphatic carbocycles. The van der Waals surface area contributed by atoms with E-state index < -0.39 is 5.41 Å². The van der Waals surface area contributed by atoms with Crippen LogP contribution in [-0.2, 0) is 5.41 Å². The number of para-hydroxylation sites is 2. The minimum absolute atomic E-state index is 0.474. The summed E-state index contributed by atoms with van der Waals surface area (Å²) in [5.41, 5.74) is 8.30. The fraction of sp³-hybridized carbons (Fsp3) is 0.0270. The zero-order valence-electron chi connectivity index (χ0n) is 23.0. The third-order valence-electron chi connectivity index (χ3n) is 8.67. The van der Waals surface area contributed by atoms with E-state index in [4.69, 9.17) is 19.4 Å². The fourth-order valence-electron chi connectivity index (χ4n) is 6.95. The minimum Gasteiger partial charge on any atom is -0.454 e. The van der Waals surface area contributed by atoms with Crippen molar-refractivity contribution in [3.05, 3.63) is 149 Å². The Morgan fingerprint density at radius 2 is 1.14 bits per heavy atom. The maximum atomic E-state index is 9.64. The lowest BCUT2D eigenvalue weighted by atomic mass is 9.66. The Bertz CT molecular complexity index is 2190. The van der Waals surface area contributed by atoms with Crippen molar-refractivity contribution in [2.45, 2.75) is 5.41 Å². The number of hydrogen-bond donors (Lipinski definition) is 0. The van der Waals surface area contributed by atoms with E-state index in [1.54, 1.807) is 24.3 Å². The molecular formula is C37H19N5O2. The highest BCUT2D eigenvalue weighted by Gasteiger charge is 2.53. The summed E-state index contributed by atoms with van der Waals surface area (Å²) in [6.07, 6.45) is 3.62. The highest BCUT2D eigenvalue weighted by Crippen LogP contribution is 2.64. The molecule has 1 spiro atoms. The van der Waals surface area contributed by atoms with Crippen molar-refractivity contribution in [3.63, 3.8) is 0 Å². The summed E-state index contributed by atoms with van der Waals surface area (Å²) in [4.78, 5) is 11.7. The summed E-state index contributed by atoms with van der Waals surface area (Å²) in [6.45, 7) is 0. The zero-order chi connectivity index (χ0) is 29.4. The summed E-state index contributed by atoms with van der Waals surface area (Å²) < 4.78 is 13.2. The normalized spacial score (nSPS) is 13.9. The lowest BCUT2D eigenvalue weighted by Crippen LogP contribution is -2.33. The molecule has 0 N–H and O–H groups in total. The van der Waals surface area contributed by atoms with E-state index in [9.17, 15) is 10.5 Å². The molecule has 7 heteroatoms. The molecule has 4 heterocycles. The van der Waals surface area contributed by atoms with Crippen LogP contribution in [0.3, 0.4) is 0 Å². The molecule has 204 valence electrons. The van der Waals surface area contributed by atoms with Crippen LogP contribution in [-0.4, -0.2) is 9.97 Å². The Kier molecular flexibility index (Phi) is 4.83. The summed E-state index contributed by atoms with van der Waals surface area (Å²) >= 11 is 0. The quantitative estimate of drug-likeness (QED) is 0.198. The van der Waals surface area contributed by atoms with Crippen LogP contribution in [0.2, 0.25) is 0 Å². The van der Waals surface area contributed by atoms with Gasteiger partial charge in [0.2, 0.25) is 0 Å². The van der Waals surface area contributed by atoms with E-state index in [-0.39, 0.29) is 0 Å². The number of anilines is 3. The van der Waals surface area contributed by atoms with Gasteiger partial charge in [-0.25, -0.2) is 0 Å². The molecule has 0 saturated carbocycles. The lowest BCUT2D eigenvalue weighted by Gasteiger charge is -2.41. The van der Waals surface area contributed by atoms with Crippen LogP contribution in [0.4, 0.5) is 17.1 Å². The molecule has 44 heavy (non-hydrogen) atoms. The number of ether oxygens (including phenoxy) is 2. The molecule has 6 aromatic rings. The lowest BCUT2D eigenvalue weighted by molar-refractivity contribution is 0.436. The SMILES string of the molecule is N#Cc1ccc2c(c1)Oc1cc(C#N)ccc1N2c1cccc2c1Oc1ccccc1C21c2cccnc2-c2ncccc21. The molecule has 0 radical (unpaired) electrons. The van der Waals surface area contributed by atoms with Gasteiger partial charge in [0.15, 0.2) is 17.2 Å². The van der Waals surface area contributed by atoms with Gasteiger partial charge in [-0.1, -0.05) is 42.5 Å². The van der Waals surface area contributed by atoms with Crippen LogP contribution in [0.25, 0.3) is 11.4 Å². The number of aromatic nitrogens is 2. The average Bonchev–Trinajstić information content (AvgIpc) is 3.37. The third-order valence-corrected chi connectivity index (χ3v) is 8.67. The highest BCUT2D eigenvalue weighted by molar-refractivity contribution is 5.92. The topological polar surface area (TPSA) is 95.1 Å². The van der Waals surface area contributed by atoms with Gasteiger partial charge >= 0.3 is 0 Å². The van der Waals surface area contributed by atoms with Crippen molar-refractivity contribution in [2.75, 3.05) is 4.90 Å². The molecule has 4 aromatic carbocycles. The second kappa shape index (κ2) is 8.78. The van der Waals surface area contributed by atoms with E-state index in [0.717, 1.165) is 56.5 Å². The molecule has 0 saturated heterocycles. The highest BCUT2D eigenvalue weighted by atomic mass is 16.5. The van der Waals surface area contributed by atoms with Crippen molar-refractivity contribution in [3.8, 4) is 46.5 Å². The summed E-state index contributed by atoms with van der Waals surface area (Å²) in [6, 6.07) is 37.7. The molecule has 0 amide bonds. The predicted octanol–water partition coefficient (Wildman–Crippen LogP) is 8.26. The minimum atomic E-state index is -0.722. The van der Waals surface area contributed by atoms with E-state index >= 15 is 0 Å². The zero-order valence-corrected chi connectivity index (χ0v) is 23.0. The average molecular weight is 566 g/mol. The Morgan fingerprint density at radius 1 is 0.545 bits per heavy atom. The number of nitrogens with zero attached hydrogens (tertiary/aromatic N) is 5. The van der Waals surface area contributed by atoms with Crippen LogP contribution in [0.15, 0.2) is 116 Å². The second-order valence-corrected chi connectivity index (χ2v) is 10.8. The van der Waals surface area contributed by atoms with Crippen LogP contribution < -0.4 is 14.4 Å². The van der Waals surface area contributed by atoms with Gasteiger partial charge in [-0.2, -0.15) is 10.5 Å². The van der Waals surface area contributed by atoms with Crippen molar-refractivity contribution in [2.24, 2.45) is 0 Å². The van der Waals surface area contributed by atoms with Gasteiger partial charge < -0.3 is 9.47 Å². The Hall–Kier alpha value is -6.44. The van der Waals surface area contributed by atoms with Crippen LogP contribution in [0, 0.1) is 22.7 Å². The van der Waals surface area contributed by atoms with Crippen LogP contribution in [0.5, 0.6) is 23.0 Å². The molecule has 0 atom stereocenters. The molecule has 9 rings (SSSR count). The van der Waals surface area contributed by atoms with Crippen molar-refractivity contribution in [1.29, 1.82) is 10.5 Å². The number of benzene rings is 4. The van der Waals surface area contributed by atoms with Crippen LogP contribution in [0.1, 0.15) is 33.4 Å². The Labute approximate surface area is 252 Å². The number of nitriles is 2. The van der Waals surface area contributed by atoms with Gasteiger partial charge in [-0.15, -0.1) is 0 Å². The first-order valence-electron chi connectivity index (χ1n) is 14.1. The van der Waals surface area contributed by atoms with Crippen LogP contribution >= 0.6 is 0 Å².